The monoisotopic (exact) mass is 360 g/mol. The maximum absolute atomic E-state index is 12.4. The van der Waals surface area contributed by atoms with Gasteiger partial charge in [0.1, 0.15) is 0 Å². The summed E-state index contributed by atoms with van der Waals surface area (Å²) in [6.45, 7) is 0. The summed E-state index contributed by atoms with van der Waals surface area (Å²) in [6.07, 6.45) is 3.88. The van der Waals surface area contributed by atoms with Crippen LogP contribution in [0.3, 0.4) is 0 Å². The van der Waals surface area contributed by atoms with Crippen LogP contribution in [-0.2, 0) is 0 Å². The molecule has 4 aromatic rings. The number of hydrogen-bond donors (Lipinski definition) is 3. The van der Waals surface area contributed by atoms with E-state index < -0.39 is 0 Å². The Balaban J connectivity index is 1.60. The fourth-order valence-corrected chi connectivity index (χ4v) is 3.37. The number of nitrogens with one attached hydrogen (secondary N) is 2. The van der Waals surface area contributed by atoms with E-state index in [1.165, 1.54) is 11.3 Å². The third kappa shape index (κ3) is 3.22. The molecule has 0 aliphatic rings. The molecule has 5 nitrogen and oxygen atoms in total. The maximum Gasteiger partial charge on any atom is 0.265 e. The number of thiophene rings is 1. The molecule has 26 heavy (non-hydrogen) atoms. The second-order valence-corrected chi connectivity index (χ2v) is 6.85. The first kappa shape index (κ1) is 16.1. The van der Waals surface area contributed by atoms with Gasteiger partial charge in [0.25, 0.3) is 5.91 Å². The fourth-order valence-electron chi connectivity index (χ4n) is 2.70. The topological polar surface area (TPSA) is 83.8 Å². The highest BCUT2D eigenvalue weighted by Gasteiger charge is 2.10. The number of amides is 1. The van der Waals surface area contributed by atoms with Crippen molar-refractivity contribution in [3.8, 4) is 0 Å². The summed E-state index contributed by atoms with van der Waals surface area (Å²) >= 11 is 1.27. The van der Waals surface area contributed by atoms with Gasteiger partial charge in [0.15, 0.2) is 0 Å². The number of hydrogen-bond acceptors (Lipinski definition) is 4. The van der Waals surface area contributed by atoms with Crippen LogP contribution >= 0.6 is 11.3 Å². The van der Waals surface area contributed by atoms with Crippen LogP contribution in [0, 0.1) is 0 Å². The van der Waals surface area contributed by atoms with Crippen LogP contribution < -0.4 is 11.1 Å². The Bertz CT molecular complexity index is 1110. The van der Waals surface area contributed by atoms with Crippen molar-refractivity contribution >= 4 is 51.0 Å². The van der Waals surface area contributed by atoms with E-state index in [4.69, 9.17) is 5.73 Å². The highest BCUT2D eigenvalue weighted by Crippen LogP contribution is 2.23. The Labute approximate surface area is 154 Å². The van der Waals surface area contributed by atoms with Gasteiger partial charge in [0, 0.05) is 11.1 Å². The molecule has 0 atom stereocenters. The predicted molar refractivity (Wildman–Crippen MR) is 108 cm³/mol. The Hall–Kier alpha value is -3.38. The van der Waals surface area contributed by atoms with Crippen molar-refractivity contribution in [1.82, 2.24) is 10.2 Å². The van der Waals surface area contributed by atoms with Crippen LogP contribution in [-0.4, -0.2) is 16.1 Å². The zero-order chi connectivity index (χ0) is 17.9. The minimum Gasteiger partial charge on any atom is -0.391 e. The van der Waals surface area contributed by atoms with E-state index in [2.05, 4.69) is 15.5 Å². The van der Waals surface area contributed by atoms with Gasteiger partial charge in [-0.05, 0) is 35.9 Å². The molecule has 1 amide bonds. The summed E-state index contributed by atoms with van der Waals surface area (Å²) in [5.74, 6) is -0.169. The van der Waals surface area contributed by atoms with E-state index in [-0.39, 0.29) is 5.91 Å². The third-order valence-electron chi connectivity index (χ3n) is 3.98. The molecule has 2 heterocycles. The number of benzene rings is 2. The molecule has 2 aromatic heterocycles. The van der Waals surface area contributed by atoms with Crippen LogP contribution in [0.15, 0.2) is 60.7 Å². The third-order valence-corrected chi connectivity index (χ3v) is 4.89. The summed E-state index contributed by atoms with van der Waals surface area (Å²) in [4.78, 5) is 13.0. The highest BCUT2D eigenvalue weighted by atomic mass is 32.1. The minimum atomic E-state index is -0.169. The number of aromatic nitrogens is 2. The average Bonchev–Trinajstić information content (AvgIpc) is 3.27. The van der Waals surface area contributed by atoms with Gasteiger partial charge in [-0.2, -0.15) is 5.10 Å². The number of carbonyl (C=O) groups is 1. The number of aromatic amines is 1. The molecule has 0 radical (unpaired) electrons. The van der Waals surface area contributed by atoms with Crippen LogP contribution in [0.1, 0.15) is 20.9 Å². The number of fused-ring (bicyclic) bond motifs is 1. The number of para-hydroxylation sites is 2. The van der Waals surface area contributed by atoms with Crippen LogP contribution in [0.2, 0.25) is 0 Å². The van der Waals surface area contributed by atoms with E-state index in [1.54, 1.807) is 12.1 Å². The molecule has 2 aromatic carbocycles. The van der Waals surface area contributed by atoms with E-state index in [9.17, 15) is 4.79 Å². The second kappa shape index (κ2) is 6.85. The first-order chi connectivity index (χ1) is 12.7. The van der Waals surface area contributed by atoms with Crippen molar-refractivity contribution < 1.29 is 4.79 Å². The fraction of sp³-hybridized carbons (Fsp3) is 0. The van der Waals surface area contributed by atoms with Gasteiger partial charge in [-0.3, -0.25) is 9.89 Å². The van der Waals surface area contributed by atoms with Crippen molar-refractivity contribution in [2.24, 2.45) is 0 Å². The largest absolute Gasteiger partial charge is 0.391 e. The highest BCUT2D eigenvalue weighted by molar-refractivity contribution is 7.17. The van der Waals surface area contributed by atoms with Gasteiger partial charge >= 0.3 is 0 Å². The van der Waals surface area contributed by atoms with Gasteiger partial charge in [-0.15, -0.1) is 11.3 Å². The van der Waals surface area contributed by atoms with Gasteiger partial charge in [-0.25, -0.2) is 0 Å². The zero-order valence-electron chi connectivity index (χ0n) is 13.8. The number of nitrogens with zero attached hydrogens (tertiary/aromatic N) is 1. The van der Waals surface area contributed by atoms with E-state index in [0.29, 0.717) is 9.88 Å². The summed E-state index contributed by atoms with van der Waals surface area (Å²) in [6, 6.07) is 19.1. The Kier molecular flexibility index (Phi) is 4.25. The van der Waals surface area contributed by atoms with Crippen molar-refractivity contribution in [2.75, 3.05) is 11.1 Å². The number of carbonyl (C=O) groups excluding carboxylic acids is 1. The van der Waals surface area contributed by atoms with Crippen molar-refractivity contribution in [3.05, 3.63) is 76.8 Å². The molecule has 0 saturated carbocycles. The van der Waals surface area contributed by atoms with E-state index in [1.807, 2.05) is 60.7 Å². The van der Waals surface area contributed by atoms with E-state index >= 15 is 0 Å². The van der Waals surface area contributed by atoms with Crippen molar-refractivity contribution in [1.29, 1.82) is 0 Å². The number of anilines is 2. The van der Waals surface area contributed by atoms with Crippen LogP contribution in [0.25, 0.3) is 23.1 Å². The summed E-state index contributed by atoms with van der Waals surface area (Å²) in [5, 5.41) is 12.0. The van der Waals surface area contributed by atoms with Gasteiger partial charge in [-0.1, -0.05) is 42.5 Å². The first-order valence-electron chi connectivity index (χ1n) is 8.07. The summed E-state index contributed by atoms with van der Waals surface area (Å²) < 4.78 is 0. The van der Waals surface area contributed by atoms with Crippen molar-refractivity contribution in [3.63, 3.8) is 0 Å². The van der Waals surface area contributed by atoms with Gasteiger partial charge < -0.3 is 11.1 Å². The number of nitrogen functional groups attached to an aromatic ring is 1. The van der Waals surface area contributed by atoms with E-state index in [0.717, 1.165) is 27.8 Å². The predicted octanol–water partition coefficient (Wildman–Crippen LogP) is 4.63. The maximum atomic E-state index is 12.4. The Morgan fingerprint density at radius 3 is 2.69 bits per heavy atom. The summed E-state index contributed by atoms with van der Waals surface area (Å²) in [7, 11) is 0. The average molecular weight is 360 g/mol. The molecule has 0 saturated heterocycles. The van der Waals surface area contributed by atoms with Gasteiger partial charge in [0.2, 0.25) is 0 Å². The Morgan fingerprint density at radius 2 is 1.85 bits per heavy atom. The smallest absolute Gasteiger partial charge is 0.265 e. The molecule has 0 bridgehead atoms. The first-order valence-corrected chi connectivity index (χ1v) is 8.89. The quantitative estimate of drug-likeness (QED) is 0.496. The van der Waals surface area contributed by atoms with Crippen molar-refractivity contribution in [2.45, 2.75) is 0 Å². The molecule has 4 N–H and O–H groups in total. The molecule has 0 aliphatic heterocycles. The van der Waals surface area contributed by atoms with Crippen LogP contribution in [0.4, 0.5) is 10.7 Å². The summed E-state index contributed by atoms with van der Waals surface area (Å²) in [5.41, 5.74) is 9.19. The molecule has 128 valence electrons. The number of H-pyrrole nitrogens is 1. The lowest BCUT2D eigenvalue weighted by Gasteiger charge is -2.07. The molecule has 0 spiro atoms. The number of nitrogens with two attached hydrogens (primary N) is 1. The molecule has 6 heteroatoms. The number of rotatable bonds is 4. The Morgan fingerprint density at radius 1 is 1.04 bits per heavy atom. The lowest BCUT2D eigenvalue weighted by atomic mass is 10.1. The molecular formula is C20H16N4OS. The molecule has 0 fully saturated rings. The molecular weight excluding hydrogens is 344 g/mol. The SMILES string of the molecule is Nc1ccc(C(=O)Nc2ccccc2C=Cc2n[nH]c3ccccc23)s1. The minimum absolute atomic E-state index is 0.169. The van der Waals surface area contributed by atoms with Gasteiger partial charge in [0.05, 0.1) is 21.1 Å². The lowest BCUT2D eigenvalue weighted by Crippen LogP contribution is -2.10. The standard InChI is InChI=1S/C20H16N4OS/c21-19-12-11-18(26-19)20(25)22-15-7-3-1-5-13(15)9-10-17-14-6-2-4-8-16(14)23-24-17/h1-12H,21H2,(H,22,25)(H,23,24). The normalized spacial score (nSPS) is 11.2. The second-order valence-electron chi connectivity index (χ2n) is 5.73. The zero-order valence-corrected chi connectivity index (χ0v) is 14.6. The molecule has 0 unspecified atom stereocenters. The molecule has 0 aliphatic carbocycles. The lowest BCUT2D eigenvalue weighted by molar-refractivity contribution is 0.103. The molecule has 4 rings (SSSR count). The van der Waals surface area contributed by atoms with Crippen LogP contribution in [0.5, 0.6) is 0 Å².